The predicted octanol–water partition coefficient (Wildman–Crippen LogP) is 5.49. The largest absolute Gasteiger partial charge is 0.490 e. The molecule has 3 rings (SSSR count). The number of hydrogen-bond acceptors (Lipinski definition) is 4. The van der Waals surface area contributed by atoms with Gasteiger partial charge in [-0.05, 0) is 61.2 Å². The van der Waals surface area contributed by atoms with Gasteiger partial charge in [0.2, 0.25) is 5.91 Å². The summed E-state index contributed by atoms with van der Waals surface area (Å²) < 4.78 is 63.8. The maximum absolute atomic E-state index is 12.8. The standard InChI is InChI=1S/C23H23F4NO4/c1-2-30-20-13-16(5-11-19(20)32-23(26)27)14-28(17-7-8-17)21(29)12-6-15-3-9-18(10-4-15)31-22(24)25/h3-6,9-13,17,22-23H,2,7-8,14H2,1H3/b12-6+. The molecule has 32 heavy (non-hydrogen) atoms. The molecule has 1 amide bonds. The molecule has 0 aromatic heterocycles. The Balaban J connectivity index is 1.69. The zero-order chi connectivity index (χ0) is 23.1. The number of rotatable bonds is 11. The second kappa shape index (κ2) is 10.9. The second-order valence-electron chi connectivity index (χ2n) is 7.07. The van der Waals surface area contributed by atoms with Crippen molar-refractivity contribution < 1.29 is 36.6 Å². The van der Waals surface area contributed by atoms with Crippen molar-refractivity contribution in [2.24, 2.45) is 0 Å². The molecule has 0 radical (unpaired) electrons. The van der Waals surface area contributed by atoms with E-state index in [1.807, 2.05) is 0 Å². The number of carbonyl (C=O) groups excluding carboxylic acids is 1. The van der Waals surface area contributed by atoms with Crippen molar-refractivity contribution in [3.63, 3.8) is 0 Å². The van der Waals surface area contributed by atoms with Crippen LogP contribution in [0.4, 0.5) is 17.6 Å². The van der Waals surface area contributed by atoms with Crippen LogP contribution in [0, 0.1) is 0 Å². The van der Waals surface area contributed by atoms with E-state index in [4.69, 9.17) is 4.74 Å². The first kappa shape index (κ1) is 23.4. The minimum Gasteiger partial charge on any atom is -0.490 e. The monoisotopic (exact) mass is 453 g/mol. The van der Waals surface area contributed by atoms with Gasteiger partial charge in [-0.2, -0.15) is 17.6 Å². The van der Waals surface area contributed by atoms with Gasteiger partial charge in [-0.15, -0.1) is 0 Å². The van der Waals surface area contributed by atoms with Gasteiger partial charge in [0.25, 0.3) is 0 Å². The van der Waals surface area contributed by atoms with Crippen LogP contribution >= 0.6 is 0 Å². The molecule has 1 aliphatic rings. The minimum atomic E-state index is -2.97. The normalized spacial score (nSPS) is 13.6. The van der Waals surface area contributed by atoms with Crippen LogP contribution in [0.15, 0.2) is 48.5 Å². The van der Waals surface area contributed by atoms with E-state index in [1.54, 1.807) is 42.2 Å². The van der Waals surface area contributed by atoms with Crippen LogP contribution in [0.5, 0.6) is 17.2 Å². The maximum Gasteiger partial charge on any atom is 0.387 e. The quantitative estimate of drug-likeness (QED) is 0.333. The van der Waals surface area contributed by atoms with E-state index in [-0.39, 0.29) is 42.3 Å². The molecule has 172 valence electrons. The number of halogens is 4. The third-order valence-electron chi connectivity index (χ3n) is 4.67. The van der Waals surface area contributed by atoms with Crippen molar-refractivity contribution >= 4 is 12.0 Å². The molecule has 1 fully saturated rings. The number of hydrogen-bond donors (Lipinski definition) is 0. The lowest BCUT2D eigenvalue weighted by molar-refractivity contribution is -0.127. The zero-order valence-corrected chi connectivity index (χ0v) is 17.3. The summed E-state index contributed by atoms with van der Waals surface area (Å²) in [5, 5.41) is 0. The molecule has 0 bridgehead atoms. The van der Waals surface area contributed by atoms with Gasteiger partial charge < -0.3 is 19.1 Å². The van der Waals surface area contributed by atoms with Crippen LogP contribution in [-0.4, -0.2) is 36.7 Å². The summed E-state index contributed by atoms with van der Waals surface area (Å²) in [7, 11) is 0. The number of benzene rings is 2. The van der Waals surface area contributed by atoms with Crippen molar-refractivity contribution in [2.45, 2.75) is 45.6 Å². The Hall–Kier alpha value is -3.23. The highest BCUT2D eigenvalue weighted by atomic mass is 19.3. The predicted molar refractivity (Wildman–Crippen MR) is 110 cm³/mol. The Kier molecular flexibility index (Phi) is 7.97. The summed E-state index contributed by atoms with van der Waals surface area (Å²) in [6.07, 6.45) is 4.77. The summed E-state index contributed by atoms with van der Waals surface area (Å²) in [5.74, 6) is -0.0528. The molecule has 9 heteroatoms. The van der Waals surface area contributed by atoms with Crippen LogP contribution in [0.3, 0.4) is 0 Å². The summed E-state index contributed by atoms with van der Waals surface area (Å²) in [6.45, 7) is -3.58. The molecule has 1 saturated carbocycles. The van der Waals surface area contributed by atoms with Crippen LogP contribution in [0.1, 0.15) is 30.9 Å². The van der Waals surface area contributed by atoms with Gasteiger partial charge in [0.05, 0.1) is 6.61 Å². The van der Waals surface area contributed by atoms with Gasteiger partial charge in [0.15, 0.2) is 11.5 Å². The molecule has 2 aromatic rings. The van der Waals surface area contributed by atoms with E-state index >= 15 is 0 Å². The molecule has 0 unspecified atom stereocenters. The molecule has 2 aromatic carbocycles. The average Bonchev–Trinajstić information content (AvgIpc) is 3.57. The number of ether oxygens (including phenoxy) is 3. The van der Waals surface area contributed by atoms with E-state index in [2.05, 4.69) is 9.47 Å². The van der Waals surface area contributed by atoms with E-state index in [0.29, 0.717) is 5.56 Å². The highest BCUT2D eigenvalue weighted by Crippen LogP contribution is 2.33. The van der Waals surface area contributed by atoms with Gasteiger partial charge in [-0.1, -0.05) is 18.2 Å². The number of carbonyl (C=O) groups is 1. The Morgan fingerprint density at radius 3 is 2.31 bits per heavy atom. The van der Waals surface area contributed by atoms with Crippen molar-refractivity contribution in [2.75, 3.05) is 6.61 Å². The van der Waals surface area contributed by atoms with Crippen LogP contribution < -0.4 is 14.2 Å². The molecular formula is C23H23F4NO4. The first-order chi connectivity index (χ1) is 15.4. The fraction of sp³-hybridized carbons (Fsp3) is 0.348. The topological polar surface area (TPSA) is 48.0 Å². The third kappa shape index (κ3) is 6.90. The number of alkyl halides is 4. The van der Waals surface area contributed by atoms with Crippen molar-refractivity contribution in [3.8, 4) is 17.2 Å². The van der Waals surface area contributed by atoms with Gasteiger partial charge in [-0.3, -0.25) is 4.79 Å². The van der Waals surface area contributed by atoms with E-state index in [1.165, 1.54) is 24.3 Å². The lowest BCUT2D eigenvalue weighted by Gasteiger charge is -2.22. The molecule has 0 saturated heterocycles. The molecule has 0 N–H and O–H groups in total. The molecule has 0 atom stereocenters. The molecule has 5 nitrogen and oxygen atoms in total. The van der Waals surface area contributed by atoms with E-state index in [9.17, 15) is 22.4 Å². The number of amides is 1. The summed E-state index contributed by atoms with van der Waals surface area (Å²) in [4.78, 5) is 14.5. The molecule has 1 aliphatic carbocycles. The van der Waals surface area contributed by atoms with Crippen molar-refractivity contribution in [1.29, 1.82) is 0 Å². The SMILES string of the molecule is CCOc1cc(CN(C(=O)/C=C/c2ccc(OC(F)F)cc2)C2CC2)ccc1OC(F)F. The van der Waals surface area contributed by atoms with Gasteiger partial charge in [0, 0.05) is 18.7 Å². The summed E-state index contributed by atoms with van der Waals surface area (Å²) in [6, 6.07) is 10.6. The zero-order valence-electron chi connectivity index (χ0n) is 17.3. The Bertz CT molecular complexity index is 930. The molecule has 0 spiro atoms. The first-order valence-corrected chi connectivity index (χ1v) is 10.1. The van der Waals surface area contributed by atoms with Crippen LogP contribution in [0.2, 0.25) is 0 Å². The summed E-state index contributed by atoms with van der Waals surface area (Å²) >= 11 is 0. The Labute approximate surface area is 183 Å². The summed E-state index contributed by atoms with van der Waals surface area (Å²) in [5.41, 5.74) is 1.38. The van der Waals surface area contributed by atoms with Crippen LogP contribution in [-0.2, 0) is 11.3 Å². The first-order valence-electron chi connectivity index (χ1n) is 10.1. The second-order valence-corrected chi connectivity index (χ2v) is 7.07. The highest BCUT2D eigenvalue weighted by Gasteiger charge is 2.31. The molecule has 0 aliphatic heterocycles. The van der Waals surface area contributed by atoms with Crippen LogP contribution in [0.25, 0.3) is 6.08 Å². The number of nitrogens with zero attached hydrogens (tertiary/aromatic N) is 1. The van der Waals surface area contributed by atoms with Gasteiger partial charge in [0.1, 0.15) is 5.75 Å². The van der Waals surface area contributed by atoms with E-state index < -0.39 is 13.2 Å². The fourth-order valence-electron chi connectivity index (χ4n) is 3.11. The Morgan fingerprint density at radius 2 is 1.72 bits per heavy atom. The smallest absolute Gasteiger partial charge is 0.387 e. The maximum atomic E-state index is 12.8. The molecule has 0 heterocycles. The minimum absolute atomic E-state index is 0.0347. The van der Waals surface area contributed by atoms with Crippen molar-refractivity contribution in [3.05, 3.63) is 59.7 Å². The lowest BCUT2D eigenvalue weighted by Crippen LogP contribution is -2.31. The van der Waals surface area contributed by atoms with E-state index in [0.717, 1.165) is 18.4 Å². The van der Waals surface area contributed by atoms with Gasteiger partial charge in [-0.25, -0.2) is 0 Å². The fourth-order valence-corrected chi connectivity index (χ4v) is 3.11. The third-order valence-corrected chi connectivity index (χ3v) is 4.67. The lowest BCUT2D eigenvalue weighted by atomic mass is 10.1. The average molecular weight is 453 g/mol. The Morgan fingerprint density at radius 1 is 1.03 bits per heavy atom. The van der Waals surface area contributed by atoms with Gasteiger partial charge >= 0.3 is 13.2 Å². The highest BCUT2D eigenvalue weighted by molar-refractivity contribution is 5.92. The molecular weight excluding hydrogens is 430 g/mol. The van der Waals surface area contributed by atoms with Crippen molar-refractivity contribution in [1.82, 2.24) is 4.90 Å².